The van der Waals surface area contributed by atoms with E-state index in [4.69, 9.17) is 0 Å². The second kappa shape index (κ2) is 14.6. The van der Waals surface area contributed by atoms with Crippen molar-refractivity contribution in [1.29, 1.82) is 0 Å². The Kier molecular flexibility index (Phi) is 10.3. The number of hydrogen-bond acceptors (Lipinski definition) is 7. The number of nitrogens with zero attached hydrogens (tertiary/aromatic N) is 8. The zero-order valence-corrected chi connectivity index (χ0v) is 30.4. The molecule has 14 nitrogen and oxygen atoms in total. The quantitative estimate of drug-likeness (QED) is 0.441. The number of guanidine groups is 1. The Hall–Kier alpha value is -3.74. The van der Waals surface area contributed by atoms with E-state index in [1.54, 1.807) is 16.0 Å². The Morgan fingerprint density at radius 2 is 1.60 bits per heavy atom. The highest BCUT2D eigenvalue weighted by Crippen LogP contribution is 2.35. The number of likely N-dealkylation sites (N-methyl/N-ethyl adjacent to an activating group) is 1. The number of likely N-dealkylation sites (tertiary alicyclic amines) is 1. The highest BCUT2D eigenvalue weighted by atomic mass is 32.2. The zero-order chi connectivity index (χ0) is 36.8. The molecule has 0 unspecified atom stereocenters. The first-order chi connectivity index (χ1) is 24.8. The van der Waals surface area contributed by atoms with E-state index < -0.39 is 28.0 Å². The Morgan fingerprint density at radius 3 is 2.23 bits per heavy atom. The molecule has 18 heteroatoms. The van der Waals surface area contributed by atoms with Crippen LogP contribution in [0.3, 0.4) is 0 Å². The van der Waals surface area contributed by atoms with Crippen LogP contribution in [0.25, 0.3) is 10.9 Å². The minimum atomic E-state index is -4.40. The Balaban J connectivity index is 0.860. The molecule has 0 radical (unpaired) electrons. The van der Waals surface area contributed by atoms with Gasteiger partial charge in [-0.2, -0.15) is 35.3 Å². The lowest BCUT2D eigenvalue weighted by atomic mass is 9.88. The number of benzene rings is 1. The number of rotatable bonds is 7. The SMILES string of the molecule is CN1CC(C(F)(F)F)=CNC1=NC1CCN(S(=O)(=O)N2CCC(CN3CCC(c4ccc5c(N6CCC(=O)NC6=O)nn(C)c5c4)CC3)CC2)CC1. The standard InChI is InChI=1S/C34H47F3N10O4S/c1-42-22-26(34(35,36)37)20-38-32(42)39-27-9-16-46(17-10-27)52(50,51)45-14-5-23(6-15-45)21-44-12-7-24(8-13-44)25-3-4-28-29(19-25)43(2)41-31(28)47-18-11-30(48)40-33(47)49/h3-4,19-20,23-24,27H,5-18,21-22H2,1-2H3,(H,38,39)(H,40,48,49). The molecule has 0 aliphatic carbocycles. The van der Waals surface area contributed by atoms with Gasteiger partial charge in [0.05, 0.1) is 23.7 Å². The minimum Gasteiger partial charge on any atom is -0.341 e. The van der Waals surface area contributed by atoms with Crippen LogP contribution < -0.4 is 15.5 Å². The summed E-state index contributed by atoms with van der Waals surface area (Å²) in [7, 11) is -0.168. The lowest BCUT2D eigenvalue weighted by Gasteiger charge is -2.39. The first-order valence-corrected chi connectivity index (χ1v) is 19.5. The Bertz CT molecular complexity index is 1840. The number of amides is 3. The van der Waals surface area contributed by atoms with Crippen molar-refractivity contribution in [1.82, 2.24) is 38.8 Å². The summed E-state index contributed by atoms with van der Waals surface area (Å²) in [5.74, 6) is 1.50. The van der Waals surface area contributed by atoms with E-state index in [0.29, 0.717) is 69.2 Å². The van der Waals surface area contributed by atoms with E-state index in [-0.39, 0.29) is 24.9 Å². The van der Waals surface area contributed by atoms with Crippen molar-refractivity contribution in [3.8, 4) is 0 Å². The predicted molar refractivity (Wildman–Crippen MR) is 190 cm³/mol. The van der Waals surface area contributed by atoms with E-state index >= 15 is 0 Å². The molecule has 0 atom stereocenters. The van der Waals surface area contributed by atoms with Crippen LogP contribution in [0.4, 0.5) is 23.8 Å². The molecule has 1 aromatic heterocycles. The number of nitrogens with one attached hydrogen (secondary N) is 2. The summed E-state index contributed by atoms with van der Waals surface area (Å²) in [4.78, 5) is 34.1. The van der Waals surface area contributed by atoms with Gasteiger partial charge in [-0.3, -0.25) is 19.7 Å². The molecule has 0 saturated carbocycles. The number of aliphatic imine (C=N–C) groups is 1. The van der Waals surface area contributed by atoms with Gasteiger partial charge >= 0.3 is 12.2 Å². The molecular weight excluding hydrogens is 702 g/mol. The minimum absolute atomic E-state index is 0.166. The number of carbonyl (C=O) groups excluding carboxylic acids is 2. The number of piperidine rings is 3. The van der Waals surface area contributed by atoms with Gasteiger partial charge in [0.2, 0.25) is 5.91 Å². The van der Waals surface area contributed by atoms with Gasteiger partial charge in [-0.05, 0) is 81.1 Å². The normalized spacial score (nSPS) is 24.1. The molecule has 284 valence electrons. The van der Waals surface area contributed by atoms with Crippen molar-refractivity contribution in [3.05, 3.63) is 35.5 Å². The fourth-order valence-corrected chi connectivity index (χ4v) is 9.77. The average molecular weight is 749 g/mol. The topological polar surface area (TPSA) is 139 Å². The number of alkyl halides is 3. The Morgan fingerprint density at radius 1 is 0.923 bits per heavy atom. The summed E-state index contributed by atoms with van der Waals surface area (Å²) in [6.45, 7) is 4.59. The fourth-order valence-electron chi connectivity index (χ4n) is 8.09. The van der Waals surface area contributed by atoms with Crippen LogP contribution in [-0.2, 0) is 22.1 Å². The molecule has 6 heterocycles. The summed E-state index contributed by atoms with van der Waals surface area (Å²) in [6, 6.07) is 5.73. The second-order valence-corrected chi connectivity index (χ2v) is 16.6. The number of aromatic nitrogens is 2. The monoisotopic (exact) mass is 748 g/mol. The molecule has 5 aliphatic rings. The molecule has 1 aromatic carbocycles. The van der Waals surface area contributed by atoms with Crippen LogP contribution in [0.2, 0.25) is 0 Å². The average Bonchev–Trinajstić information content (AvgIpc) is 3.44. The first kappa shape index (κ1) is 36.6. The van der Waals surface area contributed by atoms with E-state index in [0.717, 1.165) is 62.4 Å². The molecule has 7 rings (SSSR count). The largest absolute Gasteiger partial charge is 0.415 e. The molecule has 3 amide bonds. The van der Waals surface area contributed by atoms with Crippen molar-refractivity contribution in [2.24, 2.45) is 18.0 Å². The lowest BCUT2D eigenvalue weighted by molar-refractivity contribution is -0.120. The maximum Gasteiger partial charge on any atom is 0.415 e. The third kappa shape index (κ3) is 7.66. The van der Waals surface area contributed by atoms with Gasteiger partial charge in [-0.1, -0.05) is 6.07 Å². The van der Waals surface area contributed by atoms with Crippen molar-refractivity contribution in [3.63, 3.8) is 0 Å². The van der Waals surface area contributed by atoms with Crippen LogP contribution in [0.1, 0.15) is 56.4 Å². The first-order valence-electron chi connectivity index (χ1n) is 18.1. The smallest absolute Gasteiger partial charge is 0.341 e. The third-order valence-electron chi connectivity index (χ3n) is 11.2. The highest BCUT2D eigenvalue weighted by molar-refractivity contribution is 7.86. The van der Waals surface area contributed by atoms with Gasteiger partial charge in [0.15, 0.2) is 11.8 Å². The number of fused-ring (bicyclic) bond motifs is 1. The number of aryl methyl sites for hydroxylation is 1. The number of urea groups is 1. The maximum atomic E-state index is 13.5. The molecule has 4 saturated heterocycles. The summed E-state index contributed by atoms with van der Waals surface area (Å²) in [5.41, 5.74) is 1.54. The molecule has 52 heavy (non-hydrogen) atoms. The summed E-state index contributed by atoms with van der Waals surface area (Å²) in [6.07, 6.45) is 1.51. The second-order valence-electron chi connectivity index (χ2n) is 14.7. The molecule has 2 aromatic rings. The predicted octanol–water partition coefficient (Wildman–Crippen LogP) is 2.96. The van der Waals surface area contributed by atoms with Gasteiger partial charge in [0.25, 0.3) is 10.2 Å². The van der Waals surface area contributed by atoms with Crippen LogP contribution in [0.15, 0.2) is 35.0 Å². The maximum absolute atomic E-state index is 13.5. The van der Waals surface area contributed by atoms with Crippen LogP contribution in [0, 0.1) is 5.92 Å². The molecule has 0 bridgehead atoms. The fraction of sp³-hybridized carbons (Fsp3) is 0.647. The van der Waals surface area contributed by atoms with E-state index in [1.807, 2.05) is 13.1 Å². The van der Waals surface area contributed by atoms with Crippen LogP contribution >= 0.6 is 0 Å². The van der Waals surface area contributed by atoms with E-state index in [1.165, 1.54) is 19.7 Å². The van der Waals surface area contributed by atoms with Gasteiger partial charge in [-0.15, -0.1) is 0 Å². The van der Waals surface area contributed by atoms with Crippen molar-refractivity contribution in [2.75, 3.05) is 70.9 Å². The number of anilines is 1. The lowest BCUT2D eigenvalue weighted by Crippen LogP contribution is -2.51. The van der Waals surface area contributed by atoms with Gasteiger partial charge in [-0.25, -0.2) is 9.79 Å². The van der Waals surface area contributed by atoms with Crippen molar-refractivity contribution >= 4 is 44.8 Å². The van der Waals surface area contributed by atoms with Crippen LogP contribution in [-0.4, -0.2) is 133 Å². The number of carbonyl (C=O) groups is 2. The van der Waals surface area contributed by atoms with Gasteiger partial charge in [0, 0.05) is 71.4 Å². The van der Waals surface area contributed by atoms with Crippen LogP contribution in [0.5, 0.6) is 0 Å². The number of hydrogen-bond donors (Lipinski definition) is 2. The Labute approximate surface area is 301 Å². The number of imide groups is 1. The summed E-state index contributed by atoms with van der Waals surface area (Å²) < 4.78 is 71.1. The third-order valence-corrected chi connectivity index (χ3v) is 13.2. The zero-order valence-electron chi connectivity index (χ0n) is 29.6. The molecule has 2 N–H and O–H groups in total. The molecule has 4 fully saturated rings. The summed E-state index contributed by atoms with van der Waals surface area (Å²) >= 11 is 0. The highest BCUT2D eigenvalue weighted by Gasteiger charge is 2.38. The molecule has 5 aliphatic heterocycles. The van der Waals surface area contributed by atoms with Crippen molar-refractivity contribution in [2.45, 2.75) is 63.1 Å². The van der Waals surface area contributed by atoms with Gasteiger partial charge < -0.3 is 15.1 Å². The molecule has 0 spiro atoms. The van der Waals surface area contributed by atoms with E-state index in [9.17, 15) is 31.2 Å². The van der Waals surface area contributed by atoms with E-state index in [2.05, 4.69) is 37.8 Å². The number of halogens is 3. The molecular formula is C34H47F3N10O4S. The van der Waals surface area contributed by atoms with Gasteiger partial charge in [0.1, 0.15) is 0 Å². The van der Waals surface area contributed by atoms with Crippen molar-refractivity contribution < 1.29 is 31.2 Å². The summed E-state index contributed by atoms with van der Waals surface area (Å²) in [5, 5.41) is 10.5.